The third kappa shape index (κ3) is 2.37. The number of ether oxygens (including phenoxy) is 1. The van der Waals surface area contributed by atoms with Crippen molar-refractivity contribution in [2.75, 3.05) is 0 Å². The molecule has 1 N–H and O–H groups in total. The van der Waals surface area contributed by atoms with Crippen LogP contribution in [0, 0.1) is 0 Å². The molecular weight excluding hydrogens is 146 g/mol. The summed E-state index contributed by atoms with van der Waals surface area (Å²) in [5.74, 6) is -0.229. The van der Waals surface area contributed by atoms with Crippen LogP contribution >= 0.6 is 0 Å². The largest absolute Gasteiger partial charge is 0.459 e. The number of nitrogens with zero attached hydrogens (tertiary/aromatic N) is 2. The molecular formula is C6H9N3O2. The average Bonchev–Trinajstić information content (AvgIpc) is 2.52. The van der Waals surface area contributed by atoms with Crippen molar-refractivity contribution >= 4 is 5.97 Å². The van der Waals surface area contributed by atoms with Crippen molar-refractivity contribution in [1.82, 2.24) is 15.4 Å². The van der Waals surface area contributed by atoms with Crippen molar-refractivity contribution in [3.05, 3.63) is 11.9 Å². The highest BCUT2D eigenvalue weighted by molar-refractivity contribution is 5.68. The predicted octanol–water partition coefficient (Wildman–Crippen LogP) is 0.258. The molecule has 0 saturated heterocycles. The van der Waals surface area contributed by atoms with Gasteiger partial charge in [0, 0.05) is 6.42 Å². The second kappa shape index (κ2) is 3.70. The Morgan fingerprint density at radius 2 is 2.64 bits per heavy atom. The van der Waals surface area contributed by atoms with Crippen molar-refractivity contribution in [2.45, 2.75) is 20.0 Å². The van der Waals surface area contributed by atoms with E-state index < -0.39 is 0 Å². The summed E-state index contributed by atoms with van der Waals surface area (Å²) in [7, 11) is 0. The Morgan fingerprint density at radius 1 is 1.82 bits per heavy atom. The molecule has 1 aromatic rings. The molecule has 0 radical (unpaired) electrons. The second-order valence-electron chi connectivity index (χ2n) is 1.98. The van der Waals surface area contributed by atoms with Crippen molar-refractivity contribution in [1.29, 1.82) is 0 Å². The quantitative estimate of drug-likeness (QED) is 0.635. The summed E-state index contributed by atoms with van der Waals surface area (Å²) in [6.07, 6.45) is 1.90. The van der Waals surface area contributed by atoms with E-state index in [0.29, 0.717) is 12.1 Å². The zero-order chi connectivity index (χ0) is 8.10. The highest BCUT2D eigenvalue weighted by atomic mass is 16.5. The van der Waals surface area contributed by atoms with E-state index in [2.05, 4.69) is 15.4 Å². The Morgan fingerprint density at radius 3 is 3.18 bits per heavy atom. The molecule has 5 heteroatoms. The molecule has 0 aromatic carbocycles. The number of aromatic nitrogens is 3. The van der Waals surface area contributed by atoms with Gasteiger partial charge in [-0.2, -0.15) is 15.4 Å². The van der Waals surface area contributed by atoms with Crippen molar-refractivity contribution in [3.8, 4) is 0 Å². The first kappa shape index (κ1) is 7.71. The Labute approximate surface area is 63.8 Å². The second-order valence-corrected chi connectivity index (χ2v) is 1.98. The van der Waals surface area contributed by atoms with E-state index in [1.807, 2.05) is 0 Å². The number of carbonyl (C=O) groups is 1. The van der Waals surface area contributed by atoms with E-state index in [1.165, 1.54) is 6.20 Å². The monoisotopic (exact) mass is 155 g/mol. The highest BCUT2D eigenvalue weighted by Gasteiger charge is 2.00. The van der Waals surface area contributed by atoms with Gasteiger partial charge in [-0.05, 0) is 0 Å². The summed E-state index contributed by atoms with van der Waals surface area (Å²) in [4.78, 5) is 10.6. The Bertz CT molecular complexity index is 220. The van der Waals surface area contributed by atoms with Crippen LogP contribution in [0.4, 0.5) is 0 Å². The maximum Gasteiger partial charge on any atom is 0.305 e. The maximum absolute atomic E-state index is 10.6. The molecule has 1 aromatic heterocycles. The van der Waals surface area contributed by atoms with Gasteiger partial charge in [-0.1, -0.05) is 6.92 Å². The van der Waals surface area contributed by atoms with E-state index >= 15 is 0 Å². The molecule has 1 rings (SSSR count). The molecule has 0 amide bonds. The molecule has 0 saturated carbocycles. The Kier molecular flexibility index (Phi) is 2.59. The normalized spacial score (nSPS) is 9.55. The first-order chi connectivity index (χ1) is 5.33. The van der Waals surface area contributed by atoms with Gasteiger partial charge in [-0.15, -0.1) is 0 Å². The van der Waals surface area contributed by atoms with Crippen molar-refractivity contribution in [2.24, 2.45) is 0 Å². The van der Waals surface area contributed by atoms with Gasteiger partial charge < -0.3 is 4.74 Å². The number of aromatic amines is 1. The summed E-state index contributed by atoms with van der Waals surface area (Å²) in [6, 6.07) is 0. The van der Waals surface area contributed by atoms with Gasteiger partial charge in [0.1, 0.15) is 12.3 Å². The Hall–Kier alpha value is -1.39. The molecule has 0 fully saturated rings. The third-order valence-corrected chi connectivity index (χ3v) is 1.13. The van der Waals surface area contributed by atoms with Crippen LogP contribution in [0.5, 0.6) is 0 Å². The van der Waals surface area contributed by atoms with Crippen molar-refractivity contribution in [3.63, 3.8) is 0 Å². The van der Waals surface area contributed by atoms with Gasteiger partial charge in [-0.25, -0.2) is 0 Å². The van der Waals surface area contributed by atoms with Crippen LogP contribution in [-0.2, 0) is 16.1 Å². The summed E-state index contributed by atoms with van der Waals surface area (Å²) < 4.78 is 4.77. The fourth-order valence-electron chi connectivity index (χ4n) is 0.551. The Balaban J connectivity index is 2.29. The van der Waals surface area contributed by atoms with Gasteiger partial charge in [0.05, 0.1) is 6.20 Å². The molecule has 1 heterocycles. The molecule has 0 aliphatic rings. The van der Waals surface area contributed by atoms with Gasteiger partial charge >= 0.3 is 5.97 Å². The van der Waals surface area contributed by atoms with Crippen LogP contribution in [0.15, 0.2) is 6.20 Å². The number of hydrogen-bond acceptors (Lipinski definition) is 4. The van der Waals surface area contributed by atoms with Crippen LogP contribution in [-0.4, -0.2) is 21.4 Å². The third-order valence-electron chi connectivity index (χ3n) is 1.13. The summed E-state index contributed by atoms with van der Waals surface area (Å²) in [5.41, 5.74) is 0.631. The number of esters is 1. The van der Waals surface area contributed by atoms with E-state index in [4.69, 9.17) is 4.74 Å². The molecule has 0 unspecified atom stereocenters. The summed E-state index contributed by atoms with van der Waals surface area (Å²) in [6.45, 7) is 1.94. The minimum atomic E-state index is -0.229. The van der Waals surface area contributed by atoms with E-state index in [0.717, 1.165) is 0 Å². The number of nitrogens with one attached hydrogen (secondary N) is 1. The zero-order valence-electron chi connectivity index (χ0n) is 6.20. The molecule has 0 spiro atoms. The smallest absolute Gasteiger partial charge is 0.305 e. The zero-order valence-corrected chi connectivity index (χ0v) is 6.20. The first-order valence-corrected chi connectivity index (χ1v) is 3.33. The van der Waals surface area contributed by atoms with E-state index in [9.17, 15) is 4.79 Å². The average molecular weight is 155 g/mol. The molecule has 0 aliphatic carbocycles. The minimum Gasteiger partial charge on any atom is -0.459 e. The van der Waals surface area contributed by atoms with Gasteiger partial charge in [0.2, 0.25) is 0 Å². The summed E-state index contributed by atoms with van der Waals surface area (Å²) >= 11 is 0. The fraction of sp³-hybridized carbons (Fsp3) is 0.500. The lowest BCUT2D eigenvalue weighted by atomic mass is 10.5. The predicted molar refractivity (Wildman–Crippen MR) is 36.5 cm³/mol. The molecule has 0 atom stereocenters. The van der Waals surface area contributed by atoms with E-state index in [1.54, 1.807) is 6.92 Å². The molecule has 11 heavy (non-hydrogen) atoms. The minimum absolute atomic E-state index is 0.198. The van der Waals surface area contributed by atoms with Gasteiger partial charge in [0.25, 0.3) is 0 Å². The maximum atomic E-state index is 10.6. The summed E-state index contributed by atoms with van der Waals surface area (Å²) in [5, 5.41) is 9.69. The van der Waals surface area contributed by atoms with Crippen LogP contribution < -0.4 is 0 Å². The molecule has 0 bridgehead atoms. The number of hydrogen-bond donors (Lipinski definition) is 1. The van der Waals surface area contributed by atoms with E-state index in [-0.39, 0.29) is 12.6 Å². The van der Waals surface area contributed by atoms with Crippen LogP contribution in [0.2, 0.25) is 0 Å². The standard InChI is InChI=1S/C6H9N3O2/c1-2-6(10)11-4-5-3-7-9-8-5/h3H,2,4H2,1H3,(H,7,8,9). The van der Waals surface area contributed by atoms with Crippen molar-refractivity contribution < 1.29 is 9.53 Å². The molecule has 5 nitrogen and oxygen atoms in total. The molecule has 60 valence electrons. The topological polar surface area (TPSA) is 67.9 Å². The number of rotatable bonds is 3. The highest BCUT2D eigenvalue weighted by Crippen LogP contribution is 1.94. The SMILES string of the molecule is CCC(=O)OCc1cn[nH]n1. The number of carbonyl (C=O) groups excluding carboxylic acids is 1. The number of H-pyrrole nitrogens is 1. The van der Waals surface area contributed by atoms with Crippen LogP contribution in [0.25, 0.3) is 0 Å². The lowest BCUT2D eigenvalue weighted by Crippen LogP contribution is -2.02. The lowest BCUT2D eigenvalue weighted by Gasteiger charge is -1.97. The van der Waals surface area contributed by atoms with Gasteiger partial charge in [0.15, 0.2) is 0 Å². The molecule has 0 aliphatic heterocycles. The van der Waals surface area contributed by atoms with Crippen LogP contribution in [0.3, 0.4) is 0 Å². The van der Waals surface area contributed by atoms with Crippen LogP contribution in [0.1, 0.15) is 19.0 Å². The first-order valence-electron chi connectivity index (χ1n) is 3.33. The lowest BCUT2D eigenvalue weighted by molar-refractivity contribution is -0.144. The van der Waals surface area contributed by atoms with Gasteiger partial charge in [-0.3, -0.25) is 4.79 Å². The fourth-order valence-corrected chi connectivity index (χ4v) is 0.551.